The number of hydrogen-bond donors (Lipinski definition) is 0. The summed E-state index contributed by atoms with van der Waals surface area (Å²) < 4.78 is 2.82. The monoisotopic (exact) mass is 787 g/mol. The molecule has 6 aromatic carbocycles. The van der Waals surface area contributed by atoms with Crippen LogP contribution < -0.4 is 4.90 Å². The molecule has 0 radical (unpaired) electrons. The van der Waals surface area contributed by atoms with E-state index in [1.165, 1.54) is 76.0 Å². The van der Waals surface area contributed by atoms with Crippen molar-refractivity contribution >= 4 is 53.5 Å². The lowest BCUT2D eigenvalue weighted by molar-refractivity contribution is 0.481. The van der Waals surface area contributed by atoms with Gasteiger partial charge in [-0.05, 0) is 125 Å². The number of nitrogens with zero attached hydrogens (tertiary/aromatic N) is 1. The van der Waals surface area contributed by atoms with Gasteiger partial charge in [-0.25, -0.2) is 0 Å². The van der Waals surface area contributed by atoms with Crippen molar-refractivity contribution in [1.29, 1.82) is 0 Å². The van der Waals surface area contributed by atoms with Crippen LogP contribution in [0.25, 0.3) is 47.6 Å². The number of allylic oxidation sites excluding steroid dienone is 14. The molecule has 4 aliphatic carbocycles. The standard InChI is InChI=1S/C58H45NS/c1-3-13-40(14-4-1)41-27-33-48(34-28-41)59(50-37-31-45(32-38-50)52-22-10-18-43-17-7-8-21-51(43)52)49-35-29-42(30-36-49)46-19-9-20-47(39-46)53-23-12-26-56-57(53)55-25-11-24-54(58(55)60-56)44-15-5-2-6-16-44/h1-6,8-15,18-27,29,31-38,41-42,44,46H,16,28,30,39H2. The summed E-state index contributed by atoms with van der Waals surface area (Å²) in [7, 11) is 0. The zero-order valence-corrected chi connectivity index (χ0v) is 34.4. The Kier molecular flexibility index (Phi) is 9.61. The van der Waals surface area contributed by atoms with Gasteiger partial charge in [0.2, 0.25) is 0 Å². The molecule has 0 saturated carbocycles. The van der Waals surface area contributed by atoms with E-state index in [9.17, 15) is 0 Å². The summed E-state index contributed by atoms with van der Waals surface area (Å²) in [5.74, 6) is 1.67. The van der Waals surface area contributed by atoms with Crippen molar-refractivity contribution in [1.82, 2.24) is 0 Å². The van der Waals surface area contributed by atoms with Crippen molar-refractivity contribution < 1.29 is 0 Å². The third-order valence-corrected chi connectivity index (χ3v) is 14.2. The summed E-state index contributed by atoms with van der Waals surface area (Å²) in [6, 6.07) is 50.8. The van der Waals surface area contributed by atoms with E-state index in [0.717, 1.165) is 31.1 Å². The van der Waals surface area contributed by atoms with Gasteiger partial charge in [0, 0.05) is 54.5 Å². The lowest BCUT2D eigenvalue weighted by Crippen LogP contribution is -2.24. The van der Waals surface area contributed by atoms with Gasteiger partial charge in [0.05, 0.1) is 0 Å². The van der Waals surface area contributed by atoms with Crippen LogP contribution in [0.5, 0.6) is 0 Å². The maximum absolute atomic E-state index is 3.28. The Morgan fingerprint density at radius 2 is 1.43 bits per heavy atom. The van der Waals surface area contributed by atoms with Crippen molar-refractivity contribution in [2.45, 2.75) is 37.5 Å². The second kappa shape index (κ2) is 15.8. The normalized spacial score (nSPS) is 20.9. The van der Waals surface area contributed by atoms with Gasteiger partial charge in [0.15, 0.2) is 0 Å². The van der Waals surface area contributed by atoms with Gasteiger partial charge in [0.25, 0.3) is 0 Å². The first kappa shape index (κ1) is 36.4. The van der Waals surface area contributed by atoms with Crippen LogP contribution >= 0.6 is 11.3 Å². The molecule has 4 atom stereocenters. The largest absolute Gasteiger partial charge is 0.311 e. The quantitative estimate of drug-likeness (QED) is 0.148. The molecule has 2 heteroatoms. The predicted molar refractivity (Wildman–Crippen MR) is 256 cm³/mol. The van der Waals surface area contributed by atoms with E-state index >= 15 is 0 Å². The molecule has 7 aromatic rings. The molecular formula is C58H45NS. The van der Waals surface area contributed by atoms with Crippen molar-refractivity contribution in [3.63, 3.8) is 0 Å². The van der Waals surface area contributed by atoms with E-state index in [1.54, 1.807) is 0 Å². The highest BCUT2D eigenvalue weighted by molar-refractivity contribution is 7.26. The van der Waals surface area contributed by atoms with E-state index in [0.29, 0.717) is 23.7 Å². The third kappa shape index (κ3) is 6.80. The summed E-state index contributed by atoms with van der Waals surface area (Å²) in [6.07, 6.45) is 34.7. The average molecular weight is 788 g/mol. The fraction of sp³-hybridized carbons (Fsp3) is 0.138. The zero-order chi connectivity index (χ0) is 39.8. The molecule has 11 rings (SSSR count). The van der Waals surface area contributed by atoms with Crippen molar-refractivity contribution in [3.8, 4) is 11.1 Å². The Morgan fingerprint density at radius 3 is 2.25 bits per heavy atom. The van der Waals surface area contributed by atoms with Crippen LogP contribution in [0.1, 0.15) is 54.2 Å². The van der Waals surface area contributed by atoms with Crippen molar-refractivity contribution in [2.75, 3.05) is 4.90 Å². The van der Waals surface area contributed by atoms with Crippen LogP contribution in [0.4, 0.5) is 5.69 Å². The molecule has 4 unspecified atom stereocenters. The zero-order valence-electron chi connectivity index (χ0n) is 33.5. The SMILES string of the molecule is c1ccc2c(-c3ccc(N(C4=CCC(c5ccccc5)C=C4)C4=CCC(C5C=CC=C(c6cccc7sc8c(C9C=CC=CC9)cccc8c67)C5)C=C4)cc3)cccc2c#1. The molecule has 4 aliphatic rings. The molecule has 0 spiro atoms. The molecule has 0 fully saturated rings. The van der Waals surface area contributed by atoms with Crippen LogP contribution in [0.15, 0.2) is 212 Å². The fourth-order valence-corrected chi connectivity index (χ4v) is 11.2. The van der Waals surface area contributed by atoms with Gasteiger partial charge >= 0.3 is 0 Å². The first-order valence-corrected chi connectivity index (χ1v) is 22.3. The fourth-order valence-electron chi connectivity index (χ4n) is 9.86. The molecule has 288 valence electrons. The predicted octanol–water partition coefficient (Wildman–Crippen LogP) is 15.6. The summed E-state index contributed by atoms with van der Waals surface area (Å²) in [4.78, 5) is 2.46. The van der Waals surface area contributed by atoms with Gasteiger partial charge < -0.3 is 4.90 Å². The van der Waals surface area contributed by atoms with Crippen LogP contribution in [-0.2, 0) is 0 Å². The summed E-state index contributed by atoms with van der Waals surface area (Å²) in [5, 5.41) is 5.10. The van der Waals surface area contributed by atoms with E-state index < -0.39 is 0 Å². The molecule has 60 heavy (non-hydrogen) atoms. The maximum Gasteiger partial charge on any atom is 0.0461 e. The Hall–Kier alpha value is -6.66. The first-order valence-electron chi connectivity index (χ1n) is 21.4. The number of thiophene rings is 1. The second-order valence-electron chi connectivity index (χ2n) is 16.5. The molecular weight excluding hydrogens is 743 g/mol. The van der Waals surface area contributed by atoms with Crippen LogP contribution in [-0.4, -0.2) is 0 Å². The highest BCUT2D eigenvalue weighted by Crippen LogP contribution is 2.45. The molecule has 1 aromatic heterocycles. The average Bonchev–Trinajstić information content (AvgIpc) is 3.72. The second-order valence-corrected chi connectivity index (χ2v) is 17.5. The molecule has 1 heterocycles. The van der Waals surface area contributed by atoms with E-state index in [-0.39, 0.29) is 0 Å². The van der Waals surface area contributed by atoms with Crippen molar-refractivity contribution in [2.24, 2.45) is 11.8 Å². The first-order chi connectivity index (χ1) is 29.7. The van der Waals surface area contributed by atoms with Gasteiger partial charge in [-0.15, -0.1) is 11.3 Å². The number of benzene rings is 5. The lowest BCUT2D eigenvalue weighted by Gasteiger charge is -2.33. The van der Waals surface area contributed by atoms with Crippen LogP contribution in [0, 0.1) is 24.0 Å². The molecule has 0 amide bonds. The molecule has 0 N–H and O–H groups in total. The smallest absolute Gasteiger partial charge is 0.0461 e. The molecule has 0 bridgehead atoms. The van der Waals surface area contributed by atoms with Crippen molar-refractivity contribution in [3.05, 3.63) is 241 Å². The minimum Gasteiger partial charge on any atom is -0.311 e. The highest BCUT2D eigenvalue weighted by atomic mass is 32.1. The Labute approximate surface area is 357 Å². The maximum atomic E-state index is 3.28. The Bertz CT molecular complexity index is 2990. The van der Waals surface area contributed by atoms with E-state index in [2.05, 4.69) is 211 Å². The Balaban J connectivity index is 0.870. The molecule has 1 nitrogen and oxygen atoms in total. The molecule has 0 saturated heterocycles. The number of fused-ring (bicyclic) bond motifs is 4. The highest BCUT2D eigenvalue weighted by Gasteiger charge is 2.27. The summed E-state index contributed by atoms with van der Waals surface area (Å²) in [5.41, 5.74) is 11.7. The number of rotatable bonds is 8. The van der Waals surface area contributed by atoms with Crippen LogP contribution in [0.3, 0.4) is 0 Å². The molecule has 0 aliphatic heterocycles. The van der Waals surface area contributed by atoms with Gasteiger partial charge in [-0.3, -0.25) is 0 Å². The van der Waals surface area contributed by atoms with Gasteiger partial charge in [0.1, 0.15) is 0 Å². The third-order valence-electron chi connectivity index (χ3n) is 13.0. The Morgan fingerprint density at radius 1 is 0.600 bits per heavy atom. The van der Waals surface area contributed by atoms with E-state index in [1.807, 2.05) is 17.4 Å². The summed E-state index contributed by atoms with van der Waals surface area (Å²) >= 11 is 1.96. The minimum absolute atomic E-state index is 0.381. The number of anilines is 1. The topological polar surface area (TPSA) is 3.24 Å². The lowest BCUT2D eigenvalue weighted by atomic mass is 9.78. The summed E-state index contributed by atoms with van der Waals surface area (Å²) in [6.45, 7) is 0. The van der Waals surface area contributed by atoms with Crippen LogP contribution in [0.2, 0.25) is 0 Å². The van der Waals surface area contributed by atoms with Gasteiger partial charge in [-0.1, -0.05) is 164 Å². The number of hydrogen-bond acceptors (Lipinski definition) is 2. The van der Waals surface area contributed by atoms with Gasteiger partial charge in [-0.2, -0.15) is 0 Å². The minimum atomic E-state index is 0.381. The van der Waals surface area contributed by atoms with E-state index in [4.69, 9.17) is 0 Å².